The molecule has 2 nitrogen and oxygen atoms in total. The highest BCUT2D eigenvalue weighted by molar-refractivity contribution is 5.21. The molecule has 1 aromatic rings. The van der Waals surface area contributed by atoms with Crippen molar-refractivity contribution in [2.75, 3.05) is 13.1 Å². The molecule has 88 valence electrons. The highest BCUT2D eigenvalue weighted by Gasteiger charge is 2.12. The molecule has 4 heteroatoms. The standard InChI is InChI=1S/C12H15F2NO/c1-2-3-6-15-8-12(16)10-7-9(13)4-5-11(10)14/h2,4-5,7,12,15-16H,1,3,6,8H2. The molecule has 1 atom stereocenters. The third kappa shape index (κ3) is 3.72. The van der Waals surface area contributed by atoms with Crippen LogP contribution in [0.2, 0.25) is 0 Å². The van der Waals surface area contributed by atoms with Crippen LogP contribution >= 0.6 is 0 Å². The van der Waals surface area contributed by atoms with E-state index in [0.717, 1.165) is 24.6 Å². The summed E-state index contributed by atoms with van der Waals surface area (Å²) in [6.45, 7) is 4.39. The first-order valence-corrected chi connectivity index (χ1v) is 5.09. The molecule has 0 spiro atoms. The van der Waals surface area contributed by atoms with E-state index in [1.807, 2.05) is 0 Å². The maximum Gasteiger partial charge on any atom is 0.129 e. The Hall–Kier alpha value is -1.26. The number of aliphatic hydroxyl groups excluding tert-OH is 1. The maximum atomic E-state index is 13.2. The number of hydrogen-bond donors (Lipinski definition) is 2. The highest BCUT2D eigenvalue weighted by Crippen LogP contribution is 2.17. The predicted octanol–water partition coefficient (Wildman–Crippen LogP) is 2.16. The van der Waals surface area contributed by atoms with Gasteiger partial charge in [-0.2, -0.15) is 0 Å². The molecule has 1 rings (SSSR count). The molecule has 0 saturated carbocycles. The molecule has 0 aromatic heterocycles. The lowest BCUT2D eigenvalue weighted by molar-refractivity contribution is 0.170. The molecule has 0 radical (unpaired) electrons. The fourth-order valence-electron chi connectivity index (χ4n) is 1.32. The number of benzene rings is 1. The quantitative estimate of drug-likeness (QED) is 0.576. The number of halogens is 2. The first kappa shape index (κ1) is 12.8. The van der Waals surface area contributed by atoms with Crippen LogP contribution in [0.4, 0.5) is 8.78 Å². The van der Waals surface area contributed by atoms with E-state index in [9.17, 15) is 13.9 Å². The number of hydrogen-bond acceptors (Lipinski definition) is 2. The Morgan fingerprint density at radius 1 is 1.44 bits per heavy atom. The first-order chi connectivity index (χ1) is 7.65. The minimum absolute atomic E-state index is 0.0221. The van der Waals surface area contributed by atoms with Gasteiger partial charge in [-0.25, -0.2) is 8.78 Å². The maximum absolute atomic E-state index is 13.2. The average Bonchev–Trinajstić information content (AvgIpc) is 2.27. The van der Waals surface area contributed by atoms with Gasteiger partial charge in [0.15, 0.2) is 0 Å². The van der Waals surface area contributed by atoms with E-state index in [-0.39, 0.29) is 12.1 Å². The van der Waals surface area contributed by atoms with Crippen molar-refractivity contribution in [2.24, 2.45) is 0 Å². The van der Waals surface area contributed by atoms with Crippen molar-refractivity contribution in [3.05, 3.63) is 48.1 Å². The van der Waals surface area contributed by atoms with Crippen LogP contribution in [0.25, 0.3) is 0 Å². The number of rotatable bonds is 6. The second-order valence-electron chi connectivity index (χ2n) is 3.46. The summed E-state index contributed by atoms with van der Waals surface area (Å²) in [5.41, 5.74) is -0.0221. The molecule has 0 saturated heterocycles. The highest BCUT2D eigenvalue weighted by atomic mass is 19.1. The third-order valence-corrected chi connectivity index (χ3v) is 2.18. The van der Waals surface area contributed by atoms with Gasteiger partial charge >= 0.3 is 0 Å². The van der Waals surface area contributed by atoms with Gasteiger partial charge in [-0.15, -0.1) is 6.58 Å². The Morgan fingerprint density at radius 2 is 2.19 bits per heavy atom. The van der Waals surface area contributed by atoms with E-state index >= 15 is 0 Å². The van der Waals surface area contributed by atoms with E-state index < -0.39 is 17.7 Å². The summed E-state index contributed by atoms with van der Waals surface area (Å²) < 4.78 is 26.1. The molecular weight excluding hydrogens is 212 g/mol. The summed E-state index contributed by atoms with van der Waals surface area (Å²) >= 11 is 0. The van der Waals surface area contributed by atoms with E-state index in [2.05, 4.69) is 11.9 Å². The van der Waals surface area contributed by atoms with Crippen molar-refractivity contribution in [1.29, 1.82) is 0 Å². The van der Waals surface area contributed by atoms with Gasteiger partial charge in [-0.1, -0.05) is 6.08 Å². The largest absolute Gasteiger partial charge is 0.387 e. The lowest BCUT2D eigenvalue weighted by Gasteiger charge is -2.12. The average molecular weight is 227 g/mol. The van der Waals surface area contributed by atoms with Gasteiger partial charge < -0.3 is 10.4 Å². The molecule has 0 aliphatic rings. The summed E-state index contributed by atoms with van der Waals surface area (Å²) in [4.78, 5) is 0. The smallest absolute Gasteiger partial charge is 0.129 e. The Morgan fingerprint density at radius 3 is 2.88 bits per heavy atom. The minimum Gasteiger partial charge on any atom is -0.387 e. The SMILES string of the molecule is C=CCCNCC(O)c1cc(F)ccc1F. The monoisotopic (exact) mass is 227 g/mol. The summed E-state index contributed by atoms with van der Waals surface area (Å²) in [5, 5.41) is 12.6. The van der Waals surface area contributed by atoms with Crippen LogP contribution in [0.15, 0.2) is 30.9 Å². The van der Waals surface area contributed by atoms with E-state index in [4.69, 9.17) is 0 Å². The van der Waals surface area contributed by atoms with Crippen LogP contribution in [-0.4, -0.2) is 18.2 Å². The normalized spacial score (nSPS) is 12.4. The third-order valence-electron chi connectivity index (χ3n) is 2.18. The Bertz CT molecular complexity index is 355. The molecular formula is C12H15F2NO. The van der Waals surface area contributed by atoms with Gasteiger partial charge in [0.1, 0.15) is 11.6 Å². The van der Waals surface area contributed by atoms with E-state index in [1.54, 1.807) is 6.08 Å². The molecule has 2 N–H and O–H groups in total. The summed E-state index contributed by atoms with van der Waals surface area (Å²) in [5.74, 6) is -1.15. The van der Waals surface area contributed by atoms with Gasteiger partial charge in [0, 0.05) is 12.1 Å². The molecule has 1 unspecified atom stereocenters. The lowest BCUT2D eigenvalue weighted by atomic mass is 10.1. The van der Waals surface area contributed by atoms with Crippen LogP contribution in [0, 0.1) is 11.6 Å². The first-order valence-electron chi connectivity index (χ1n) is 5.09. The summed E-state index contributed by atoms with van der Waals surface area (Å²) in [6.07, 6.45) is 1.46. The fraction of sp³-hybridized carbons (Fsp3) is 0.333. The topological polar surface area (TPSA) is 32.3 Å². The zero-order chi connectivity index (χ0) is 12.0. The summed E-state index contributed by atoms with van der Waals surface area (Å²) in [6, 6.07) is 3.05. The molecule has 0 aliphatic heterocycles. The summed E-state index contributed by atoms with van der Waals surface area (Å²) in [7, 11) is 0. The van der Waals surface area contributed by atoms with Crippen LogP contribution in [0.5, 0.6) is 0 Å². The van der Waals surface area contributed by atoms with Crippen molar-refractivity contribution in [2.45, 2.75) is 12.5 Å². The van der Waals surface area contributed by atoms with Crippen molar-refractivity contribution in [1.82, 2.24) is 5.32 Å². The number of aliphatic hydroxyl groups is 1. The lowest BCUT2D eigenvalue weighted by Crippen LogP contribution is -2.22. The zero-order valence-electron chi connectivity index (χ0n) is 8.92. The Balaban J connectivity index is 2.54. The second-order valence-corrected chi connectivity index (χ2v) is 3.46. The van der Waals surface area contributed by atoms with Crippen LogP contribution in [0.1, 0.15) is 18.1 Å². The van der Waals surface area contributed by atoms with Gasteiger partial charge in [0.25, 0.3) is 0 Å². The molecule has 0 fully saturated rings. The van der Waals surface area contributed by atoms with Crippen LogP contribution in [0.3, 0.4) is 0 Å². The van der Waals surface area contributed by atoms with Gasteiger partial charge in [0.2, 0.25) is 0 Å². The molecule has 0 aliphatic carbocycles. The van der Waals surface area contributed by atoms with E-state index in [1.165, 1.54) is 0 Å². The van der Waals surface area contributed by atoms with Gasteiger partial charge in [-0.05, 0) is 31.2 Å². The van der Waals surface area contributed by atoms with Gasteiger partial charge in [0.05, 0.1) is 6.10 Å². The Kier molecular flexibility index (Phi) is 5.08. The zero-order valence-corrected chi connectivity index (χ0v) is 8.92. The van der Waals surface area contributed by atoms with Crippen molar-refractivity contribution >= 4 is 0 Å². The fourth-order valence-corrected chi connectivity index (χ4v) is 1.32. The second kappa shape index (κ2) is 6.35. The molecule has 0 bridgehead atoms. The Labute approximate surface area is 93.6 Å². The molecule has 1 aromatic carbocycles. The van der Waals surface area contributed by atoms with Crippen LogP contribution < -0.4 is 5.32 Å². The molecule has 0 amide bonds. The van der Waals surface area contributed by atoms with Gasteiger partial charge in [-0.3, -0.25) is 0 Å². The van der Waals surface area contributed by atoms with Crippen molar-refractivity contribution < 1.29 is 13.9 Å². The van der Waals surface area contributed by atoms with Crippen LogP contribution in [-0.2, 0) is 0 Å². The number of nitrogens with one attached hydrogen (secondary N) is 1. The van der Waals surface area contributed by atoms with Crippen molar-refractivity contribution in [3.8, 4) is 0 Å². The van der Waals surface area contributed by atoms with Crippen molar-refractivity contribution in [3.63, 3.8) is 0 Å². The minimum atomic E-state index is -1.04. The predicted molar refractivity (Wildman–Crippen MR) is 59.0 cm³/mol. The molecule has 0 heterocycles. The van der Waals surface area contributed by atoms with E-state index in [0.29, 0.717) is 6.54 Å². The molecule has 16 heavy (non-hydrogen) atoms.